The molecule has 1 aliphatic heterocycles. The number of hydrogen-bond donors (Lipinski definition) is 2. The van der Waals surface area contributed by atoms with Gasteiger partial charge >= 0.3 is 0 Å². The summed E-state index contributed by atoms with van der Waals surface area (Å²) in [5, 5.41) is 8.62. The second kappa shape index (κ2) is 10.4. The van der Waals surface area contributed by atoms with Gasteiger partial charge in [0.1, 0.15) is 16.4 Å². The zero-order chi connectivity index (χ0) is 26.0. The number of hydrogen-bond acceptors (Lipinski definition) is 8. The van der Waals surface area contributed by atoms with E-state index in [0.29, 0.717) is 40.6 Å². The zero-order valence-electron chi connectivity index (χ0n) is 20.6. The molecular formula is C25H28FN7O3S. The first kappa shape index (κ1) is 25.1. The average Bonchev–Trinajstić information content (AvgIpc) is 3.22. The predicted octanol–water partition coefficient (Wildman–Crippen LogP) is 3.02. The number of halogens is 1. The molecule has 0 atom stereocenters. The number of rotatable bonds is 8. The number of nitrogens with zero attached hydrogens (tertiary/aromatic N) is 5. The summed E-state index contributed by atoms with van der Waals surface area (Å²) < 4.78 is 49.4. The minimum atomic E-state index is -4.12. The molecule has 0 saturated carbocycles. The van der Waals surface area contributed by atoms with E-state index in [-0.39, 0.29) is 0 Å². The Labute approximate surface area is 214 Å². The van der Waals surface area contributed by atoms with Gasteiger partial charge in [-0.15, -0.1) is 0 Å². The summed E-state index contributed by atoms with van der Waals surface area (Å²) in [5.41, 5.74) is 2.96. The number of fused-ring (bicyclic) bond motifs is 1. The zero-order valence-corrected chi connectivity index (χ0v) is 21.4. The lowest BCUT2D eigenvalue weighted by Gasteiger charge is -2.26. The minimum Gasteiger partial charge on any atom is -0.379 e. The number of aryl methyl sites for hydroxylation is 2. The third-order valence-corrected chi connectivity index (χ3v) is 7.68. The highest BCUT2D eigenvalue weighted by molar-refractivity contribution is 7.92. The van der Waals surface area contributed by atoms with Gasteiger partial charge < -0.3 is 10.1 Å². The first-order valence-corrected chi connectivity index (χ1v) is 13.4. The van der Waals surface area contributed by atoms with Crippen LogP contribution in [-0.4, -0.2) is 72.5 Å². The summed E-state index contributed by atoms with van der Waals surface area (Å²) in [5.74, 6) is -0.302. The number of aromatic nitrogens is 4. The normalized spacial score (nSPS) is 14.7. The van der Waals surface area contributed by atoms with E-state index in [1.165, 1.54) is 18.2 Å². The van der Waals surface area contributed by atoms with Gasteiger partial charge in [0.2, 0.25) is 5.95 Å². The largest absolute Gasteiger partial charge is 0.379 e. The van der Waals surface area contributed by atoms with E-state index in [1.807, 2.05) is 6.07 Å². The number of ether oxygens (including phenoxy) is 1. The molecular weight excluding hydrogens is 497 g/mol. The van der Waals surface area contributed by atoms with Gasteiger partial charge in [-0.1, -0.05) is 24.3 Å². The van der Waals surface area contributed by atoms with Crippen LogP contribution in [0.5, 0.6) is 0 Å². The molecule has 1 fully saturated rings. The summed E-state index contributed by atoms with van der Waals surface area (Å²) in [7, 11) is -2.32. The van der Waals surface area contributed by atoms with Crippen LogP contribution in [0, 0.1) is 12.7 Å². The number of anilines is 2. The summed E-state index contributed by atoms with van der Waals surface area (Å²) in [6, 6.07) is 10.6. The number of benzene rings is 2. The summed E-state index contributed by atoms with van der Waals surface area (Å²) in [6.45, 7) is 6.70. The molecule has 1 aliphatic rings. The molecule has 2 aromatic heterocycles. The lowest BCUT2D eigenvalue weighted by Crippen LogP contribution is -2.39. The molecule has 0 spiro atoms. The molecule has 0 bridgehead atoms. The van der Waals surface area contributed by atoms with Crippen molar-refractivity contribution < 1.29 is 17.5 Å². The Balaban J connectivity index is 1.38. The fraction of sp³-hybridized carbons (Fsp3) is 0.320. The Morgan fingerprint density at radius 1 is 1.14 bits per heavy atom. The van der Waals surface area contributed by atoms with Crippen molar-refractivity contribution in [1.82, 2.24) is 24.6 Å². The van der Waals surface area contributed by atoms with Crippen LogP contribution in [0.15, 0.2) is 53.6 Å². The van der Waals surface area contributed by atoms with Gasteiger partial charge in [0.25, 0.3) is 10.0 Å². The molecule has 4 aromatic rings. The van der Waals surface area contributed by atoms with Crippen molar-refractivity contribution in [2.45, 2.75) is 11.8 Å². The molecule has 0 radical (unpaired) electrons. The highest BCUT2D eigenvalue weighted by atomic mass is 32.2. The fourth-order valence-corrected chi connectivity index (χ4v) is 5.43. The van der Waals surface area contributed by atoms with Gasteiger partial charge in [-0.2, -0.15) is 10.1 Å². The van der Waals surface area contributed by atoms with Crippen molar-refractivity contribution in [3.8, 4) is 11.3 Å². The third kappa shape index (κ3) is 5.41. The van der Waals surface area contributed by atoms with Crippen molar-refractivity contribution in [3.63, 3.8) is 0 Å². The van der Waals surface area contributed by atoms with Crippen LogP contribution in [0.3, 0.4) is 0 Å². The van der Waals surface area contributed by atoms with Gasteiger partial charge in [-0.3, -0.25) is 9.62 Å². The highest BCUT2D eigenvalue weighted by Gasteiger charge is 2.21. The van der Waals surface area contributed by atoms with Crippen molar-refractivity contribution in [2.75, 3.05) is 49.4 Å². The minimum absolute atomic E-state index is 0.335. The molecule has 37 heavy (non-hydrogen) atoms. The van der Waals surface area contributed by atoms with Crippen LogP contribution >= 0.6 is 0 Å². The Morgan fingerprint density at radius 3 is 2.70 bits per heavy atom. The summed E-state index contributed by atoms with van der Waals surface area (Å²) in [6.07, 6.45) is 1.71. The molecule has 1 saturated heterocycles. The Bertz CT molecular complexity index is 1530. The monoisotopic (exact) mass is 525 g/mol. The fourth-order valence-electron chi connectivity index (χ4n) is 4.23. The maximum atomic E-state index is 14.2. The second-order valence-corrected chi connectivity index (χ2v) is 10.5. The molecule has 194 valence electrons. The molecule has 10 nitrogen and oxygen atoms in total. The van der Waals surface area contributed by atoms with Gasteiger partial charge in [-0.05, 0) is 30.7 Å². The quantitative estimate of drug-likeness (QED) is 0.361. The number of nitrogens with one attached hydrogen (secondary N) is 2. The molecule has 2 aromatic carbocycles. The first-order chi connectivity index (χ1) is 17.8. The lowest BCUT2D eigenvalue weighted by atomic mass is 10.1. The van der Waals surface area contributed by atoms with Crippen LogP contribution in [-0.2, 0) is 21.8 Å². The third-order valence-electron chi connectivity index (χ3n) is 6.28. The van der Waals surface area contributed by atoms with Crippen molar-refractivity contribution >= 4 is 32.7 Å². The smallest absolute Gasteiger partial charge is 0.264 e. The van der Waals surface area contributed by atoms with Crippen molar-refractivity contribution in [1.29, 1.82) is 0 Å². The summed E-state index contributed by atoms with van der Waals surface area (Å²) >= 11 is 0. The molecule has 5 rings (SSSR count). The van der Waals surface area contributed by atoms with Gasteiger partial charge in [0.05, 0.1) is 24.3 Å². The van der Waals surface area contributed by atoms with E-state index in [1.54, 1.807) is 37.0 Å². The van der Waals surface area contributed by atoms with Gasteiger partial charge in [0.15, 0.2) is 5.65 Å². The van der Waals surface area contributed by atoms with E-state index in [9.17, 15) is 12.8 Å². The molecule has 2 N–H and O–H groups in total. The Hall–Kier alpha value is -3.61. The second-order valence-electron chi connectivity index (χ2n) is 8.85. The average molecular weight is 526 g/mol. The van der Waals surface area contributed by atoms with Crippen molar-refractivity contribution in [3.05, 3.63) is 60.0 Å². The van der Waals surface area contributed by atoms with Crippen LogP contribution in [0.4, 0.5) is 16.0 Å². The lowest BCUT2D eigenvalue weighted by molar-refractivity contribution is 0.0398. The molecule has 0 aliphatic carbocycles. The van der Waals surface area contributed by atoms with Crippen LogP contribution in [0.25, 0.3) is 22.3 Å². The van der Waals surface area contributed by atoms with E-state index in [2.05, 4.69) is 30.0 Å². The molecule has 0 amide bonds. The van der Waals surface area contributed by atoms with Crippen LogP contribution in [0.2, 0.25) is 0 Å². The van der Waals surface area contributed by atoms with E-state index in [4.69, 9.17) is 4.74 Å². The molecule has 0 unspecified atom stereocenters. The topological polar surface area (TPSA) is 114 Å². The van der Waals surface area contributed by atoms with Crippen molar-refractivity contribution in [2.24, 2.45) is 7.05 Å². The maximum Gasteiger partial charge on any atom is 0.264 e. The Morgan fingerprint density at radius 2 is 1.92 bits per heavy atom. The SMILES string of the molecule is Cc1ccc(-c2nn(C)c3nc(NCCN4CCOCC4)ncc23)cc1NS(=O)(=O)c1ccccc1F. The molecule has 3 heterocycles. The van der Waals surface area contributed by atoms with Gasteiger partial charge in [-0.25, -0.2) is 22.5 Å². The van der Waals surface area contributed by atoms with Crippen LogP contribution in [0.1, 0.15) is 5.56 Å². The van der Waals surface area contributed by atoms with Crippen LogP contribution < -0.4 is 10.0 Å². The first-order valence-electron chi connectivity index (χ1n) is 11.9. The Kier molecular flexibility index (Phi) is 7.04. The number of morpholine rings is 1. The number of sulfonamides is 1. The highest BCUT2D eigenvalue weighted by Crippen LogP contribution is 2.31. The maximum absolute atomic E-state index is 14.2. The van der Waals surface area contributed by atoms with E-state index < -0.39 is 20.7 Å². The standard InChI is InChI=1S/C25H28FN7O3S/c1-17-7-8-18(15-21(17)31-37(34,35)22-6-4-3-5-20(22)26)23-19-16-28-25(29-24(19)32(2)30-23)27-9-10-33-11-13-36-14-12-33/h3-8,15-16,31H,9-14H2,1-2H3,(H,27,28,29). The van der Waals surface area contributed by atoms with E-state index >= 15 is 0 Å². The van der Waals surface area contributed by atoms with Gasteiger partial charge in [0, 0.05) is 45.0 Å². The van der Waals surface area contributed by atoms with E-state index in [0.717, 1.165) is 44.3 Å². The summed E-state index contributed by atoms with van der Waals surface area (Å²) in [4.78, 5) is 11.0. The predicted molar refractivity (Wildman–Crippen MR) is 139 cm³/mol. The molecule has 12 heteroatoms.